The quantitative estimate of drug-likeness (QED) is 0.749. The third-order valence-electron chi connectivity index (χ3n) is 4.82. The fraction of sp³-hybridized carbons (Fsp3) is 0.350. The monoisotopic (exact) mass is 423 g/mol. The number of hydrogen-bond donors (Lipinski definition) is 1. The van der Waals surface area contributed by atoms with Crippen LogP contribution in [-0.4, -0.2) is 49.7 Å². The molecule has 1 saturated heterocycles. The molecule has 8 heteroatoms. The van der Waals surface area contributed by atoms with Gasteiger partial charge in [0.1, 0.15) is 0 Å². The van der Waals surface area contributed by atoms with E-state index in [1.54, 1.807) is 41.3 Å². The van der Waals surface area contributed by atoms with Crippen LogP contribution >= 0.6 is 12.4 Å². The molecule has 2 aromatic rings. The minimum Gasteiger partial charge on any atom is -0.398 e. The molecule has 0 bridgehead atoms. The number of benzene rings is 2. The van der Waals surface area contributed by atoms with E-state index in [1.807, 2.05) is 12.1 Å². The van der Waals surface area contributed by atoms with Gasteiger partial charge in [-0.15, -0.1) is 12.4 Å². The van der Waals surface area contributed by atoms with Gasteiger partial charge in [-0.05, 0) is 36.2 Å². The third-order valence-corrected chi connectivity index (χ3v) is 6.73. The number of amides is 1. The summed E-state index contributed by atoms with van der Waals surface area (Å²) in [6, 6.07) is 14.0. The highest BCUT2D eigenvalue weighted by Crippen LogP contribution is 2.20. The first kappa shape index (κ1) is 22.2. The number of halogens is 1. The van der Waals surface area contributed by atoms with Crippen molar-refractivity contribution in [1.82, 2.24) is 9.21 Å². The first-order valence-electron chi connectivity index (χ1n) is 9.16. The Bertz CT molecular complexity index is 909. The van der Waals surface area contributed by atoms with Gasteiger partial charge in [0.15, 0.2) is 0 Å². The van der Waals surface area contributed by atoms with E-state index in [1.165, 1.54) is 4.31 Å². The zero-order chi connectivity index (χ0) is 19.4. The maximum atomic E-state index is 12.9. The van der Waals surface area contributed by atoms with E-state index < -0.39 is 10.0 Å². The van der Waals surface area contributed by atoms with Crippen molar-refractivity contribution in [2.45, 2.75) is 24.7 Å². The molecule has 2 N–H and O–H groups in total. The van der Waals surface area contributed by atoms with Gasteiger partial charge in [-0.25, -0.2) is 8.42 Å². The number of carbonyl (C=O) groups excluding carboxylic acids is 1. The van der Waals surface area contributed by atoms with Gasteiger partial charge in [0.25, 0.3) is 5.91 Å². The lowest BCUT2D eigenvalue weighted by Crippen LogP contribution is -2.50. The molecule has 1 heterocycles. The molecular weight excluding hydrogens is 398 g/mol. The Morgan fingerprint density at radius 3 is 2.18 bits per heavy atom. The summed E-state index contributed by atoms with van der Waals surface area (Å²) in [6.07, 6.45) is 1.96. The molecule has 0 saturated carbocycles. The molecule has 0 spiro atoms. The second-order valence-corrected chi connectivity index (χ2v) is 8.62. The molecule has 0 aliphatic carbocycles. The normalized spacial score (nSPS) is 15.1. The highest BCUT2D eigenvalue weighted by molar-refractivity contribution is 7.89. The summed E-state index contributed by atoms with van der Waals surface area (Å²) in [6.45, 7) is 3.34. The van der Waals surface area contributed by atoms with Gasteiger partial charge in [-0.2, -0.15) is 4.31 Å². The van der Waals surface area contributed by atoms with E-state index in [2.05, 4.69) is 6.92 Å². The Morgan fingerprint density at radius 1 is 1.00 bits per heavy atom. The Labute approximate surface area is 172 Å². The maximum absolute atomic E-state index is 12.9. The van der Waals surface area contributed by atoms with E-state index in [-0.39, 0.29) is 31.4 Å². The molecule has 0 unspecified atom stereocenters. The predicted octanol–water partition coefficient (Wildman–Crippen LogP) is 2.79. The third kappa shape index (κ3) is 4.66. The Balaban J connectivity index is 0.00000280. The molecule has 2 aromatic carbocycles. The summed E-state index contributed by atoms with van der Waals surface area (Å²) >= 11 is 0. The summed E-state index contributed by atoms with van der Waals surface area (Å²) in [5, 5.41) is 0. The van der Waals surface area contributed by atoms with Crippen molar-refractivity contribution in [2.75, 3.05) is 31.9 Å². The SMILES string of the molecule is CCCc1ccc(S(=O)(=O)N2CCN(C(=O)c3ccccc3N)CC2)cc1.Cl. The molecule has 1 amide bonds. The predicted molar refractivity (Wildman–Crippen MR) is 113 cm³/mol. The van der Waals surface area contributed by atoms with Crippen molar-refractivity contribution in [3.8, 4) is 0 Å². The van der Waals surface area contributed by atoms with Crippen LogP contribution < -0.4 is 5.73 Å². The number of nitrogens with zero attached hydrogens (tertiary/aromatic N) is 2. The largest absolute Gasteiger partial charge is 0.398 e. The highest BCUT2D eigenvalue weighted by atomic mass is 35.5. The van der Waals surface area contributed by atoms with Crippen LogP contribution in [0.25, 0.3) is 0 Å². The molecule has 1 fully saturated rings. The second-order valence-electron chi connectivity index (χ2n) is 6.68. The lowest BCUT2D eigenvalue weighted by Gasteiger charge is -2.34. The number of para-hydroxylation sites is 1. The van der Waals surface area contributed by atoms with Crippen LogP contribution in [0.5, 0.6) is 0 Å². The number of piperazine rings is 1. The van der Waals surface area contributed by atoms with E-state index in [9.17, 15) is 13.2 Å². The molecule has 6 nitrogen and oxygen atoms in total. The lowest BCUT2D eigenvalue weighted by atomic mass is 10.1. The molecule has 28 heavy (non-hydrogen) atoms. The summed E-state index contributed by atoms with van der Waals surface area (Å²) in [5.74, 6) is -0.158. The summed E-state index contributed by atoms with van der Waals surface area (Å²) in [5.41, 5.74) is 7.91. The van der Waals surface area contributed by atoms with Gasteiger partial charge in [0, 0.05) is 31.9 Å². The van der Waals surface area contributed by atoms with Crippen LogP contribution in [0.3, 0.4) is 0 Å². The second kappa shape index (κ2) is 9.41. The number of nitrogens with two attached hydrogens (primary N) is 1. The maximum Gasteiger partial charge on any atom is 0.256 e. The van der Waals surface area contributed by atoms with Crippen LogP contribution in [0.4, 0.5) is 5.69 Å². The van der Waals surface area contributed by atoms with Gasteiger partial charge in [0.2, 0.25) is 10.0 Å². The Kier molecular flexibility index (Phi) is 7.46. The van der Waals surface area contributed by atoms with Gasteiger partial charge in [-0.1, -0.05) is 37.6 Å². The summed E-state index contributed by atoms with van der Waals surface area (Å²) < 4.78 is 27.2. The van der Waals surface area contributed by atoms with E-state index in [0.717, 1.165) is 18.4 Å². The van der Waals surface area contributed by atoms with Gasteiger partial charge >= 0.3 is 0 Å². The minimum absolute atomic E-state index is 0. The molecule has 0 radical (unpaired) electrons. The summed E-state index contributed by atoms with van der Waals surface area (Å²) in [4.78, 5) is 14.6. The smallest absolute Gasteiger partial charge is 0.256 e. The zero-order valence-electron chi connectivity index (χ0n) is 15.9. The number of hydrogen-bond acceptors (Lipinski definition) is 4. The summed E-state index contributed by atoms with van der Waals surface area (Å²) in [7, 11) is -3.54. The van der Waals surface area contributed by atoms with Crippen LogP contribution in [-0.2, 0) is 16.4 Å². The average Bonchev–Trinajstić information content (AvgIpc) is 2.69. The number of anilines is 1. The van der Waals surface area contributed by atoms with Crippen LogP contribution in [0.15, 0.2) is 53.4 Å². The molecular formula is C20H26ClN3O3S. The average molecular weight is 424 g/mol. The topological polar surface area (TPSA) is 83.7 Å². The van der Waals surface area contributed by atoms with Gasteiger partial charge in [0.05, 0.1) is 10.5 Å². The number of aryl methyl sites for hydroxylation is 1. The van der Waals surface area contributed by atoms with Crippen LogP contribution in [0.2, 0.25) is 0 Å². The molecule has 1 aliphatic rings. The lowest BCUT2D eigenvalue weighted by molar-refractivity contribution is 0.0699. The van der Waals surface area contributed by atoms with E-state index in [4.69, 9.17) is 5.73 Å². The first-order chi connectivity index (χ1) is 12.9. The van der Waals surface area contributed by atoms with Crippen molar-refractivity contribution >= 4 is 34.0 Å². The molecule has 0 atom stereocenters. The van der Waals surface area contributed by atoms with Crippen LogP contribution in [0, 0.1) is 0 Å². The van der Waals surface area contributed by atoms with Crippen molar-refractivity contribution < 1.29 is 13.2 Å². The fourth-order valence-electron chi connectivity index (χ4n) is 3.26. The molecule has 1 aliphatic heterocycles. The van der Waals surface area contributed by atoms with E-state index >= 15 is 0 Å². The molecule has 3 rings (SSSR count). The number of rotatable bonds is 5. The Hall–Kier alpha value is -2.09. The van der Waals surface area contributed by atoms with Crippen molar-refractivity contribution in [1.29, 1.82) is 0 Å². The standard InChI is InChI=1S/C20H25N3O3S.ClH/c1-2-5-16-8-10-17(11-9-16)27(25,26)23-14-12-22(13-15-23)20(24)18-6-3-4-7-19(18)21;/h3-4,6-11H,2,5,12-15,21H2,1H3;1H. The van der Waals surface area contributed by atoms with E-state index in [0.29, 0.717) is 29.2 Å². The number of sulfonamides is 1. The Morgan fingerprint density at radius 2 is 1.61 bits per heavy atom. The first-order valence-corrected chi connectivity index (χ1v) is 10.6. The van der Waals surface area contributed by atoms with Crippen molar-refractivity contribution in [3.05, 3.63) is 59.7 Å². The molecule has 152 valence electrons. The van der Waals surface area contributed by atoms with Crippen LogP contribution in [0.1, 0.15) is 29.3 Å². The number of carbonyl (C=O) groups is 1. The fourth-order valence-corrected chi connectivity index (χ4v) is 4.68. The zero-order valence-corrected chi connectivity index (χ0v) is 17.5. The van der Waals surface area contributed by atoms with Gasteiger partial charge < -0.3 is 10.6 Å². The molecule has 0 aromatic heterocycles. The number of nitrogen functional groups attached to an aromatic ring is 1. The minimum atomic E-state index is -3.54. The van der Waals surface area contributed by atoms with Crippen molar-refractivity contribution in [2.24, 2.45) is 0 Å². The van der Waals surface area contributed by atoms with Crippen molar-refractivity contribution in [3.63, 3.8) is 0 Å². The highest BCUT2D eigenvalue weighted by Gasteiger charge is 2.30. The van der Waals surface area contributed by atoms with Gasteiger partial charge in [-0.3, -0.25) is 4.79 Å².